The van der Waals surface area contributed by atoms with Gasteiger partial charge in [0, 0.05) is 24.3 Å². The third-order valence-corrected chi connectivity index (χ3v) is 7.29. The van der Waals surface area contributed by atoms with Gasteiger partial charge >= 0.3 is 0 Å². The highest BCUT2D eigenvalue weighted by molar-refractivity contribution is 7.98. The Kier molecular flexibility index (Phi) is 19.9. The minimum absolute atomic E-state index is 0.0330. The van der Waals surface area contributed by atoms with Gasteiger partial charge in [-0.3, -0.25) is 33.8 Å². The number of Topliss-reactive ketones (excluding diaryl/α,β-unsaturated/α-hetero) is 1. The number of nitrogens with zero attached hydrogens (tertiary/aromatic N) is 1. The molecule has 0 aliphatic rings. The van der Waals surface area contributed by atoms with Crippen LogP contribution in [-0.4, -0.2) is 84.3 Å². The van der Waals surface area contributed by atoms with Gasteiger partial charge in [-0.1, -0.05) is 47.6 Å². The molecular formula is C31H54N6O6S. The van der Waals surface area contributed by atoms with Crippen molar-refractivity contribution in [2.75, 3.05) is 18.6 Å². The molecule has 0 aromatic heterocycles. The monoisotopic (exact) mass is 638 g/mol. The summed E-state index contributed by atoms with van der Waals surface area (Å²) in [5, 5.41) is 13.4. The zero-order valence-corrected chi connectivity index (χ0v) is 28.9. The molecule has 5 amide bonds. The highest BCUT2D eigenvalue weighted by Gasteiger charge is 2.30. The summed E-state index contributed by atoms with van der Waals surface area (Å²) in [4.78, 5) is 81.1. The fourth-order valence-corrected chi connectivity index (χ4v) is 4.54. The minimum atomic E-state index is -1.11. The summed E-state index contributed by atoms with van der Waals surface area (Å²) in [6, 6.07) is -3.57. The van der Waals surface area contributed by atoms with Gasteiger partial charge < -0.3 is 26.6 Å². The first-order valence-electron chi connectivity index (χ1n) is 15.2. The maximum Gasteiger partial charge on any atom is 0.243 e. The van der Waals surface area contributed by atoms with Crippen LogP contribution >= 0.6 is 11.8 Å². The van der Waals surface area contributed by atoms with E-state index in [9.17, 15) is 28.8 Å². The van der Waals surface area contributed by atoms with E-state index in [1.54, 1.807) is 65.6 Å². The van der Waals surface area contributed by atoms with Crippen molar-refractivity contribution < 1.29 is 28.8 Å². The van der Waals surface area contributed by atoms with Gasteiger partial charge in [-0.05, 0) is 57.5 Å². The summed E-state index contributed by atoms with van der Waals surface area (Å²) >= 11 is 1.56. The highest BCUT2D eigenvalue weighted by Crippen LogP contribution is 2.11. The largest absolute Gasteiger partial charge is 0.345 e. The van der Waals surface area contributed by atoms with Crippen LogP contribution in [0.5, 0.6) is 0 Å². The zero-order chi connectivity index (χ0) is 34.0. The van der Waals surface area contributed by atoms with E-state index in [-0.39, 0.29) is 35.9 Å². The smallest absolute Gasteiger partial charge is 0.243 e. The molecule has 44 heavy (non-hydrogen) atoms. The van der Waals surface area contributed by atoms with Gasteiger partial charge in [0.1, 0.15) is 18.1 Å². The van der Waals surface area contributed by atoms with Crippen LogP contribution in [0.15, 0.2) is 16.8 Å². The van der Waals surface area contributed by atoms with Crippen molar-refractivity contribution >= 4 is 53.3 Å². The molecule has 0 radical (unpaired) electrons. The molecule has 0 bridgehead atoms. The number of amides is 5. The van der Waals surface area contributed by atoms with Crippen LogP contribution in [0.2, 0.25) is 0 Å². The number of hydrogen-bond acceptors (Lipinski definition) is 8. The lowest BCUT2D eigenvalue weighted by Crippen LogP contribution is -2.57. The van der Waals surface area contributed by atoms with Gasteiger partial charge in [0.25, 0.3) is 0 Å². The number of aliphatic imine (C=N–C) groups is 1. The number of allylic oxidation sites excluding steroid dienone is 1. The molecule has 250 valence electrons. The van der Waals surface area contributed by atoms with Crippen molar-refractivity contribution in [3.8, 4) is 0 Å². The predicted molar refractivity (Wildman–Crippen MR) is 176 cm³/mol. The molecule has 0 aliphatic heterocycles. The van der Waals surface area contributed by atoms with Crippen LogP contribution in [0.1, 0.15) is 81.6 Å². The number of ketones is 1. The average Bonchev–Trinajstić information content (AvgIpc) is 2.94. The average molecular weight is 639 g/mol. The summed E-state index contributed by atoms with van der Waals surface area (Å²) in [7, 11) is 0. The number of rotatable bonds is 20. The van der Waals surface area contributed by atoms with E-state index in [1.807, 2.05) is 20.1 Å². The summed E-state index contributed by atoms with van der Waals surface area (Å²) in [6.45, 7) is 15.3. The first kappa shape index (κ1) is 40.8. The molecule has 0 fully saturated rings. The van der Waals surface area contributed by atoms with Crippen molar-refractivity contribution in [3.63, 3.8) is 0 Å². The molecular weight excluding hydrogens is 584 g/mol. The van der Waals surface area contributed by atoms with Gasteiger partial charge in [-0.25, -0.2) is 0 Å². The van der Waals surface area contributed by atoms with Crippen LogP contribution in [0, 0.1) is 17.8 Å². The lowest BCUT2D eigenvalue weighted by molar-refractivity contribution is -0.134. The molecule has 5 N–H and O–H groups in total. The Bertz CT molecular complexity index is 1040. The van der Waals surface area contributed by atoms with Crippen LogP contribution in [-0.2, 0) is 28.8 Å². The Balaban J connectivity index is 5.85. The van der Waals surface area contributed by atoms with Gasteiger partial charge in [0.2, 0.25) is 29.5 Å². The zero-order valence-electron chi connectivity index (χ0n) is 28.0. The summed E-state index contributed by atoms with van der Waals surface area (Å²) in [5.41, 5.74) is 0.534. The Morgan fingerprint density at radius 1 is 0.773 bits per heavy atom. The van der Waals surface area contributed by atoms with Crippen LogP contribution in [0.3, 0.4) is 0 Å². The second-order valence-electron chi connectivity index (χ2n) is 11.7. The highest BCUT2D eigenvalue weighted by atomic mass is 32.2. The number of hydrogen-bond donors (Lipinski definition) is 5. The lowest BCUT2D eigenvalue weighted by atomic mass is 10.0. The predicted octanol–water partition coefficient (Wildman–Crippen LogP) is 2.13. The van der Waals surface area contributed by atoms with Crippen molar-refractivity contribution in [2.24, 2.45) is 22.7 Å². The van der Waals surface area contributed by atoms with Crippen molar-refractivity contribution in [1.29, 1.82) is 0 Å². The Labute approximate surface area is 267 Å². The second-order valence-corrected chi connectivity index (χ2v) is 12.7. The summed E-state index contributed by atoms with van der Waals surface area (Å²) < 4.78 is 0. The fourth-order valence-electron chi connectivity index (χ4n) is 4.07. The molecule has 0 aromatic carbocycles. The maximum atomic E-state index is 13.6. The number of thioether (sulfide) groups is 1. The number of nitrogens with one attached hydrogen (secondary N) is 5. The van der Waals surface area contributed by atoms with E-state index in [4.69, 9.17) is 0 Å². The molecule has 0 heterocycles. The van der Waals surface area contributed by atoms with Gasteiger partial charge in [-0.15, -0.1) is 0 Å². The summed E-state index contributed by atoms with van der Waals surface area (Å²) in [5.74, 6) is -2.52. The Morgan fingerprint density at radius 3 is 1.84 bits per heavy atom. The molecule has 4 unspecified atom stereocenters. The molecule has 0 saturated heterocycles. The molecule has 12 nitrogen and oxygen atoms in total. The SMILES string of the molecule is C/C=N\C(=C/C)CC(NC(=O)CNC(=O)C(NC(=O)C(C)C)C(C)C)C(=O)NC(CC(C)C)C(=O)NC(CCSC)C(C)=O. The molecule has 0 spiro atoms. The van der Waals surface area contributed by atoms with Gasteiger partial charge in [-0.2, -0.15) is 11.8 Å². The lowest BCUT2D eigenvalue weighted by Gasteiger charge is -2.26. The number of carbonyl (C=O) groups excluding carboxylic acids is 6. The number of carbonyl (C=O) groups is 6. The third-order valence-electron chi connectivity index (χ3n) is 6.65. The summed E-state index contributed by atoms with van der Waals surface area (Å²) in [6.07, 6.45) is 5.99. The molecule has 13 heteroatoms. The van der Waals surface area contributed by atoms with E-state index in [0.717, 1.165) is 0 Å². The van der Waals surface area contributed by atoms with E-state index < -0.39 is 54.3 Å². The van der Waals surface area contributed by atoms with Crippen molar-refractivity contribution in [2.45, 2.75) is 106 Å². The minimum Gasteiger partial charge on any atom is -0.345 e. The molecule has 4 atom stereocenters. The van der Waals surface area contributed by atoms with Gasteiger partial charge in [0.05, 0.1) is 12.6 Å². The first-order chi connectivity index (χ1) is 20.6. The molecule has 0 aromatic rings. The Morgan fingerprint density at radius 2 is 1.36 bits per heavy atom. The molecule has 0 rings (SSSR count). The fraction of sp³-hybridized carbons (Fsp3) is 0.710. The van der Waals surface area contributed by atoms with Crippen LogP contribution in [0.4, 0.5) is 0 Å². The first-order valence-corrected chi connectivity index (χ1v) is 16.6. The molecule has 0 saturated carbocycles. The topological polar surface area (TPSA) is 175 Å². The second kappa shape index (κ2) is 21.5. The van der Waals surface area contributed by atoms with Gasteiger partial charge in [0.15, 0.2) is 5.78 Å². The standard InChI is InChI=1S/C31H54N6O6S/c1-11-22(32-12-2)16-25(34-26(39)17-33-31(43)27(19(5)6)37-28(40)20(7)8)30(42)36-24(15-18(3)4)29(41)35-23(21(9)38)13-14-44-10/h11-12,18-20,23-25,27H,13-17H2,1-10H3,(H,33,43)(H,34,39)(H,35,41)(H,36,42)(H,37,40)/b22-11-,32-12-. The van der Waals surface area contributed by atoms with E-state index in [1.165, 1.54) is 6.92 Å². The van der Waals surface area contributed by atoms with Crippen LogP contribution < -0.4 is 26.6 Å². The normalized spacial score (nSPS) is 14.6. The van der Waals surface area contributed by atoms with Crippen LogP contribution in [0.25, 0.3) is 0 Å². The van der Waals surface area contributed by atoms with E-state index in [0.29, 0.717) is 24.3 Å². The van der Waals surface area contributed by atoms with E-state index in [2.05, 4.69) is 31.6 Å². The van der Waals surface area contributed by atoms with Crippen molar-refractivity contribution in [1.82, 2.24) is 26.6 Å². The Hall–Kier alpha value is -3.22. The molecule has 0 aliphatic carbocycles. The quantitative estimate of drug-likeness (QED) is 0.127. The van der Waals surface area contributed by atoms with E-state index >= 15 is 0 Å². The maximum absolute atomic E-state index is 13.6. The third kappa shape index (κ3) is 16.0. The van der Waals surface area contributed by atoms with Crippen molar-refractivity contribution in [3.05, 3.63) is 11.8 Å².